The van der Waals surface area contributed by atoms with Gasteiger partial charge in [-0.25, -0.2) is 0 Å². The third kappa shape index (κ3) is 4.24. The lowest BCUT2D eigenvalue weighted by Gasteiger charge is -2.35. The largest absolute Gasteiger partial charge is 0.343 e. The van der Waals surface area contributed by atoms with Crippen LogP contribution in [0.5, 0.6) is 0 Å². The number of aryl methyl sites for hydroxylation is 1. The summed E-state index contributed by atoms with van der Waals surface area (Å²) in [4.78, 5) is 24.7. The van der Waals surface area contributed by atoms with Crippen molar-refractivity contribution in [3.63, 3.8) is 0 Å². The highest BCUT2D eigenvalue weighted by Crippen LogP contribution is 2.29. The number of piperidine rings is 1. The van der Waals surface area contributed by atoms with Crippen molar-refractivity contribution in [1.82, 2.24) is 10.2 Å². The molecule has 2 aliphatic heterocycles. The van der Waals surface area contributed by atoms with Crippen LogP contribution >= 0.6 is 12.4 Å². The molecule has 2 atom stereocenters. The van der Waals surface area contributed by atoms with E-state index in [2.05, 4.69) is 5.32 Å². The monoisotopic (exact) mass is 353 g/mol. The number of hydrogen-bond donors (Lipinski definition) is 1. The van der Waals surface area contributed by atoms with Gasteiger partial charge in [-0.05, 0) is 37.7 Å². The Kier molecular flexibility index (Phi) is 6.18. The number of carbonyl (C=O) groups excluding carboxylic acids is 1. The molecule has 3 rings (SSSR count). The van der Waals surface area contributed by atoms with Crippen molar-refractivity contribution in [2.24, 2.45) is 0 Å². The molecule has 24 heavy (non-hydrogen) atoms. The average Bonchev–Trinajstić information content (AvgIpc) is 2.90. The molecule has 2 unspecified atom stereocenters. The summed E-state index contributed by atoms with van der Waals surface area (Å²) in [7, 11) is 1.89. The molecule has 1 N–H and O–H groups in total. The Morgan fingerprint density at radius 1 is 1.33 bits per heavy atom. The summed E-state index contributed by atoms with van der Waals surface area (Å²) in [6, 6.07) is 7.99. The molecule has 6 nitrogen and oxygen atoms in total. The van der Waals surface area contributed by atoms with Crippen molar-refractivity contribution < 1.29 is 9.72 Å². The molecule has 2 aliphatic rings. The van der Waals surface area contributed by atoms with E-state index in [0.29, 0.717) is 31.0 Å². The lowest BCUT2D eigenvalue weighted by molar-refractivity contribution is -0.384. The highest BCUT2D eigenvalue weighted by atomic mass is 35.5. The van der Waals surface area contributed by atoms with Crippen LogP contribution in [0.25, 0.3) is 0 Å². The molecule has 0 saturated carbocycles. The van der Waals surface area contributed by atoms with Crippen LogP contribution in [0.3, 0.4) is 0 Å². The number of fused-ring (bicyclic) bond motifs is 2. The second-order valence-corrected chi connectivity index (χ2v) is 6.69. The smallest absolute Gasteiger partial charge is 0.269 e. The van der Waals surface area contributed by atoms with Gasteiger partial charge in [-0.2, -0.15) is 0 Å². The van der Waals surface area contributed by atoms with Crippen molar-refractivity contribution in [3.05, 3.63) is 39.9 Å². The summed E-state index contributed by atoms with van der Waals surface area (Å²) < 4.78 is 0. The van der Waals surface area contributed by atoms with Gasteiger partial charge < -0.3 is 10.2 Å². The quantitative estimate of drug-likeness (QED) is 0.652. The Labute approximate surface area is 148 Å². The molecule has 1 aromatic rings. The number of benzene rings is 1. The number of non-ortho nitro benzene ring substituents is 1. The number of nitrogens with zero attached hydrogens (tertiary/aromatic N) is 2. The molecule has 2 bridgehead atoms. The van der Waals surface area contributed by atoms with Crippen molar-refractivity contribution in [1.29, 1.82) is 0 Å². The Morgan fingerprint density at radius 2 is 2.00 bits per heavy atom. The van der Waals surface area contributed by atoms with E-state index in [0.717, 1.165) is 18.4 Å². The van der Waals surface area contributed by atoms with Crippen LogP contribution < -0.4 is 5.32 Å². The topological polar surface area (TPSA) is 75.5 Å². The first-order valence-corrected chi connectivity index (χ1v) is 8.28. The molecular formula is C17H24ClN3O3. The predicted octanol–water partition coefficient (Wildman–Crippen LogP) is 2.69. The van der Waals surface area contributed by atoms with Gasteiger partial charge in [0, 0.05) is 43.7 Å². The molecule has 1 amide bonds. The van der Waals surface area contributed by atoms with E-state index < -0.39 is 4.92 Å². The van der Waals surface area contributed by atoms with Crippen molar-refractivity contribution in [2.45, 2.75) is 56.7 Å². The molecule has 0 aliphatic carbocycles. The molecule has 2 heterocycles. The number of carbonyl (C=O) groups is 1. The van der Waals surface area contributed by atoms with Gasteiger partial charge in [0.15, 0.2) is 0 Å². The predicted molar refractivity (Wildman–Crippen MR) is 94.4 cm³/mol. The maximum absolute atomic E-state index is 12.4. The zero-order valence-corrected chi connectivity index (χ0v) is 14.6. The van der Waals surface area contributed by atoms with E-state index in [1.807, 2.05) is 18.0 Å². The van der Waals surface area contributed by atoms with Crippen molar-refractivity contribution >= 4 is 24.0 Å². The highest BCUT2D eigenvalue weighted by molar-refractivity contribution is 5.85. The van der Waals surface area contributed by atoms with Gasteiger partial charge >= 0.3 is 0 Å². The number of halogens is 1. The zero-order valence-electron chi connectivity index (χ0n) is 13.8. The molecule has 2 fully saturated rings. The summed E-state index contributed by atoms with van der Waals surface area (Å²) in [6.07, 6.45) is 5.46. The second kappa shape index (κ2) is 7.94. The first-order chi connectivity index (χ1) is 11.0. The summed E-state index contributed by atoms with van der Waals surface area (Å²) >= 11 is 0. The molecule has 0 spiro atoms. The van der Waals surface area contributed by atoms with E-state index in [4.69, 9.17) is 0 Å². The number of nitro benzene ring substituents is 1. The van der Waals surface area contributed by atoms with E-state index in [9.17, 15) is 14.9 Å². The lowest BCUT2D eigenvalue weighted by atomic mass is 9.98. The fraction of sp³-hybridized carbons (Fsp3) is 0.588. The molecule has 132 valence electrons. The summed E-state index contributed by atoms with van der Waals surface area (Å²) in [6.45, 7) is 0. The molecular weight excluding hydrogens is 330 g/mol. The normalized spacial score (nSPS) is 25.0. The van der Waals surface area contributed by atoms with Gasteiger partial charge in [-0.3, -0.25) is 14.9 Å². The first kappa shape index (κ1) is 18.7. The third-order valence-electron chi connectivity index (χ3n) is 5.14. The Hall–Kier alpha value is -1.66. The van der Waals surface area contributed by atoms with Gasteiger partial charge in [-0.1, -0.05) is 12.1 Å². The summed E-state index contributed by atoms with van der Waals surface area (Å²) in [5, 5.41) is 14.4. The van der Waals surface area contributed by atoms with Crippen LogP contribution in [0.4, 0.5) is 5.69 Å². The van der Waals surface area contributed by atoms with Crippen LogP contribution in [0, 0.1) is 10.1 Å². The minimum atomic E-state index is -0.401. The minimum Gasteiger partial charge on any atom is -0.343 e. The molecule has 0 aromatic heterocycles. The van der Waals surface area contributed by atoms with E-state index in [1.54, 1.807) is 12.1 Å². The average molecular weight is 354 g/mol. The van der Waals surface area contributed by atoms with Crippen LogP contribution in [0.2, 0.25) is 0 Å². The minimum absolute atomic E-state index is 0. The van der Waals surface area contributed by atoms with Gasteiger partial charge in [0.1, 0.15) is 0 Å². The highest BCUT2D eigenvalue weighted by Gasteiger charge is 2.36. The van der Waals surface area contributed by atoms with Gasteiger partial charge in [0.05, 0.1) is 4.92 Å². The molecule has 2 saturated heterocycles. The number of hydrogen-bond acceptors (Lipinski definition) is 4. The summed E-state index contributed by atoms with van der Waals surface area (Å²) in [5.74, 6) is 0.128. The van der Waals surface area contributed by atoms with Crippen molar-refractivity contribution in [3.8, 4) is 0 Å². The van der Waals surface area contributed by atoms with Gasteiger partial charge in [-0.15, -0.1) is 12.4 Å². The van der Waals surface area contributed by atoms with Crippen molar-refractivity contribution in [2.75, 3.05) is 7.05 Å². The maximum Gasteiger partial charge on any atom is 0.269 e. The Morgan fingerprint density at radius 3 is 2.62 bits per heavy atom. The fourth-order valence-electron chi connectivity index (χ4n) is 3.80. The van der Waals surface area contributed by atoms with E-state index >= 15 is 0 Å². The molecule has 0 radical (unpaired) electrons. The fourth-order valence-corrected chi connectivity index (χ4v) is 3.80. The number of nitrogens with one attached hydrogen (secondary N) is 1. The second-order valence-electron chi connectivity index (χ2n) is 6.69. The molecule has 1 aromatic carbocycles. The molecule has 7 heteroatoms. The SMILES string of the molecule is CN(C(=O)CCc1cccc([N+](=O)[O-])c1)C1CC2CCC(C1)N2.Cl. The van der Waals surface area contributed by atoms with Crippen LogP contribution in [-0.2, 0) is 11.2 Å². The van der Waals surface area contributed by atoms with Gasteiger partial charge in [0.25, 0.3) is 5.69 Å². The lowest BCUT2D eigenvalue weighted by Crippen LogP contribution is -2.48. The maximum atomic E-state index is 12.4. The Bertz CT molecular complexity index is 598. The van der Waals surface area contributed by atoms with Gasteiger partial charge in [0.2, 0.25) is 5.91 Å². The number of rotatable bonds is 5. The van der Waals surface area contributed by atoms with E-state index in [1.165, 1.54) is 18.9 Å². The van der Waals surface area contributed by atoms with Crippen LogP contribution in [-0.4, -0.2) is 40.9 Å². The number of nitro groups is 1. The number of amides is 1. The zero-order chi connectivity index (χ0) is 16.4. The van der Waals surface area contributed by atoms with Crippen LogP contribution in [0.1, 0.15) is 37.7 Å². The van der Waals surface area contributed by atoms with E-state index in [-0.39, 0.29) is 24.0 Å². The first-order valence-electron chi connectivity index (χ1n) is 8.28. The van der Waals surface area contributed by atoms with Crippen LogP contribution in [0.15, 0.2) is 24.3 Å². The standard InChI is InChI=1S/C17H23N3O3.ClH/c1-19(16-10-13-6-7-14(11-16)18-13)17(21)8-5-12-3-2-4-15(9-12)20(22)23;/h2-4,9,13-14,16,18H,5-8,10-11H2,1H3;1H. The Balaban J connectivity index is 0.00000208. The summed E-state index contributed by atoms with van der Waals surface area (Å²) in [5.41, 5.74) is 0.921. The third-order valence-corrected chi connectivity index (χ3v) is 5.14.